The largest absolute Gasteiger partial charge is 0.456 e. The van der Waals surface area contributed by atoms with Crippen molar-refractivity contribution >= 4 is 65.7 Å². The Morgan fingerprint density at radius 1 is 0.381 bits per heavy atom. The molecule has 0 unspecified atom stereocenters. The number of nitrogens with zero attached hydrogens (tertiary/aromatic N) is 4. The first-order chi connectivity index (χ1) is 36.2. The van der Waals surface area contributed by atoms with Crippen molar-refractivity contribution in [2.45, 2.75) is 0 Å². The van der Waals surface area contributed by atoms with Gasteiger partial charge in [0.05, 0.1) is 27.5 Å². The van der Waals surface area contributed by atoms with E-state index >= 15 is 0 Å². The predicted octanol–water partition coefficient (Wildman–Crippen LogP) is 15.1. The van der Waals surface area contributed by atoms with E-state index in [0.717, 1.165) is 21.9 Å². The molecule has 4 heterocycles. The van der Waals surface area contributed by atoms with E-state index in [-0.39, 0.29) is 108 Å². The van der Waals surface area contributed by atoms with Gasteiger partial charge in [-0.3, -0.25) is 0 Å². The number of hydrogen-bond acceptors (Lipinski definition) is 5. The molecule has 0 fully saturated rings. The van der Waals surface area contributed by atoms with Gasteiger partial charge in [0.25, 0.3) is 0 Å². The first kappa shape index (κ1) is 25.2. The van der Waals surface area contributed by atoms with Crippen LogP contribution >= 0.6 is 0 Å². The van der Waals surface area contributed by atoms with E-state index in [1.807, 2.05) is 97.1 Å². The van der Waals surface area contributed by atoms with Gasteiger partial charge in [-0.25, -0.2) is 15.0 Å². The average Bonchev–Trinajstić information content (AvgIpc) is 4.16. The monoisotopic (exact) mass is 818 g/mol. The molecule has 6 nitrogen and oxygen atoms in total. The highest BCUT2D eigenvalue weighted by Crippen LogP contribution is 2.41. The summed E-state index contributed by atoms with van der Waals surface area (Å²) in [5.74, 6) is 0.645. The van der Waals surface area contributed by atoms with Crippen molar-refractivity contribution in [3.8, 4) is 62.1 Å². The van der Waals surface area contributed by atoms with Crippen LogP contribution in [0.2, 0.25) is 0 Å². The molecule has 0 radical (unpaired) electrons. The van der Waals surface area contributed by atoms with Crippen LogP contribution in [0.5, 0.6) is 0 Å². The highest BCUT2D eigenvalue weighted by Gasteiger charge is 2.20. The Kier molecular flexibility index (Phi) is 5.60. The Balaban J connectivity index is 1.03. The summed E-state index contributed by atoms with van der Waals surface area (Å²) >= 11 is 0. The van der Waals surface area contributed by atoms with Crippen molar-refractivity contribution < 1.29 is 25.3 Å². The van der Waals surface area contributed by atoms with Gasteiger partial charge in [-0.2, -0.15) is 0 Å². The molecule has 0 aliphatic rings. The lowest BCUT2D eigenvalue weighted by Crippen LogP contribution is -2.00. The first-order valence-electron chi connectivity index (χ1n) is 26.1. The van der Waals surface area contributed by atoms with Gasteiger partial charge in [0.15, 0.2) is 17.5 Å². The number of benzene rings is 9. The Labute approximate surface area is 377 Å². The minimum atomic E-state index is -0.597. The zero-order valence-corrected chi connectivity index (χ0v) is 32.8. The van der Waals surface area contributed by atoms with Crippen molar-refractivity contribution in [1.29, 1.82) is 0 Å². The molecule has 0 saturated heterocycles. The van der Waals surface area contributed by atoms with Crippen LogP contribution in [0.25, 0.3) is 128 Å². The van der Waals surface area contributed by atoms with Crippen molar-refractivity contribution in [3.63, 3.8) is 0 Å². The van der Waals surface area contributed by atoms with E-state index in [4.69, 9.17) is 32.0 Å². The molecule has 0 aliphatic heterocycles. The molecule has 9 aromatic carbocycles. The molecule has 294 valence electrons. The van der Waals surface area contributed by atoms with Gasteiger partial charge in [-0.1, -0.05) is 139 Å². The first-order valence-corrected chi connectivity index (χ1v) is 20.1. The summed E-state index contributed by atoms with van der Waals surface area (Å²) < 4.78 is 124. The van der Waals surface area contributed by atoms with Crippen LogP contribution in [0, 0.1) is 0 Å². The van der Waals surface area contributed by atoms with E-state index in [1.165, 1.54) is 34.9 Å². The molecule has 0 N–H and O–H groups in total. The van der Waals surface area contributed by atoms with Gasteiger partial charge in [0, 0.05) is 60.8 Å². The molecule has 6 heteroatoms. The summed E-state index contributed by atoms with van der Waals surface area (Å²) in [4.78, 5) is 14.8. The molecule has 4 aromatic heterocycles. The van der Waals surface area contributed by atoms with Crippen molar-refractivity contribution in [1.82, 2.24) is 19.5 Å². The Hall–Kier alpha value is -8.61. The molecule has 0 aliphatic carbocycles. The van der Waals surface area contributed by atoms with Gasteiger partial charge < -0.3 is 13.4 Å². The number of fused-ring (bicyclic) bond motifs is 9. The SMILES string of the molecule is [2H]c1cccc([2H])c1-c1c([2H])c([2H])c2c(c1[2H])c1c([2H])c([2H])c([2H])c([2H])c1n2-c1cc([2H])c2c(c1)oc1cc(-c3nc(-c4ccccc4)nc(-c4cc(-c5ccccc5)c5c(c4)oc4ccccc45)n3)c([2H])c([2H])c12. The summed E-state index contributed by atoms with van der Waals surface area (Å²) in [5, 5.41) is 1.95. The van der Waals surface area contributed by atoms with E-state index < -0.39 is 42.3 Å². The van der Waals surface area contributed by atoms with Crippen LogP contribution in [0.3, 0.4) is 0 Å². The summed E-state index contributed by atoms with van der Waals surface area (Å²) in [5.41, 5.74) is 4.28. The second kappa shape index (κ2) is 14.0. The molecule has 13 aromatic rings. The van der Waals surface area contributed by atoms with Crippen LogP contribution in [-0.4, -0.2) is 19.5 Å². The normalized spacial score (nSPS) is 14.5. The third-order valence-electron chi connectivity index (χ3n) is 11.2. The summed E-state index contributed by atoms with van der Waals surface area (Å²) in [6.07, 6.45) is 0. The Morgan fingerprint density at radius 3 is 1.86 bits per heavy atom. The van der Waals surface area contributed by atoms with E-state index in [2.05, 4.69) is 0 Å². The second-order valence-electron chi connectivity index (χ2n) is 15.0. The van der Waals surface area contributed by atoms with Crippen LogP contribution in [0.15, 0.2) is 215 Å². The smallest absolute Gasteiger partial charge is 0.164 e. The summed E-state index contributed by atoms with van der Waals surface area (Å²) in [6.45, 7) is 0. The quantitative estimate of drug-likeness (QED) is 0.167. The topological polar surface area (TPSA) is 69.9 Å². The van der Waals surface area contributed by atoms with Crippen LogP contribution in [0.1, 0.15) is 16.4 Å². The molecule has 0 atom stereocenters. The molecule has 0 bridgehead atoms. The summed E-state index contributed by atoms with van der Waals surface area (Å²) in [7, 11) is 0. The van der Waals surface area contributed by atoms with E-state index in [1.54, 1.807) is 6.07 Å². The van der Waals surface area contributed by atoms with Gasteiger partial charge in [-0.15, -0.1) is 0 Å². The summed E-state index contributed by atoms with van der Waals surface area (Å²) in [6, 6.07) is 35.0. The van der Waals surface area contributed by atoms with Gasteiger partial charge in [0.1, 0.15) is 22.3 Å². The molecule has 13 rings (SSSR count). The van der Waals surface area contributed by atoms with Crippen LogP contribution in [0.4, 0.5) is 0 Å². The number of hydrogen-bond donors (Lipinski definition) is 0. The molecule has 0 spiro atoms. The number of para-hydroxylation sites is 2. The molecule has 0 saturated carbocycles. The average molecular weight is 819 g/mol. The second-order valence-corrected chi connectivity index (χ2v) is 15.0. The van der Waals surface area contributed by atoms with E-state index in [0.29, 0.717) is 28.1 Å². The molecular formula is C57H34N4O2. The van der Waals surface area contributed by atoms with Gasteiger partial charge >= 0.3 is 0 Å². The number of furan rings is 2. The maximum Gasteiger partial charge on any atom is 0.164 e. The van der Waals surface area contributed by atoms with Crippen LogP contribution in [-0.2, 0) is 0 Å². The lowest BCUT2D eigenvalue weighted by Gasteiger charge is -2.11. The fourth-order valence-corrected chi connectivity index (χ4v) is 8.37. The van der Waals surface area contributed by atoms with Crippen LogP contribution < -0.4 is 0 Å². The molecular weight excluding hydrogens is 773 g/mol. The Bertz CT molecular complexity index is 4610. The minimum Gasteiger partial charge on any atom is -0.456 e. The number of rotatable bonds is 6. The zero-order chi connectivity index (χ0) is 51.9. The Morgan fingerprint density at radius 2 is 1.02 bits per heavy atom. The third-order valence-corrected chi connectivity index (χ3v) is 11.2. The van der Waals surface area contributed by atoms with Crippen molar-refractivity contribution in [3.05, 3.63) is 206 Å². The molecule has 0 amide bonds. The van der Waals surface area contributed by atoms with E-state index in [9.17, 15) is 8.22 Å². The number of aromatic nitrogens is 4. The predicted molar refractivity (Wildman–Crippen MR) is 256 cm³/mol. The lowest BCUT2D eigenvalue weighted by atomic mass is 9.97. The fraction of sp³-hybridized carbons (Fsp3) is 0. The lowest BCUT2D eigenvalue weighted by molar-refractivity contribution is 0.668. The third kappa shape index (κ3) is 5.76. The standard InChI is InChI=1S/C57H34N4O2/c1-4-14-35(15-5-1)38-25-29-49-47(30-38)42-20-10-12-22-48(42)61(49)41-26-28-44-43-27-24-39(32-51(43)63-52(44)34-41)56-58-55(37-18-8-3-9-19-37)59-57(60-56)40-31-46(36-16-6-2-7-17-36)54-45-21-11-13-23-50(45)62-53(54)33-40/h1-34H/i10D,12D,14D,15D,20D,22D,24D,25D,27D,28D,29D,30D. The van der Waals surface area contributed by atoms with Gasteiger partial charge in [-0.05, 0) is 82.8 Å². The highest BCUT2D eigenvalue weighted by atomic mass is 16.3. The van der Waals surface area contributed by atoms with Crippen molar-refractivity contribution in [2.75, 3.05) is 0 Å². The minimum absolute atomic E-state index is 0.0598. The van der Waals surface area contributed by atoms with Gasteiger partial charge in [0.2, 0.25) is 0 Å². The zero-order valence-electron chi connectivity index (χ0n) is 44.8. The maximum absolute atomic E-state index is 9.51. The fourth-order valence-electron chi connectivity index (χ4n) is 8.37. The molecule has 63 heavy (non-hydrogen) atoms. The highest BCUT2D eigenvalue weighted by molar-refractivity contribution is 6.14. The van der Waals surface area contributed by atoms with Crippen molar-refractivity contribution in [2.24, 2.45) is 0 Å². The maximum atomic E-state index is 9.51.